The quantitative estimate of drug-likeness (QED) is 0.499. The monoisotopic (exact) mass is 164 g/mol. The lowest BCUT2D eigenvalue weighted by atomic mass is 10.3. The Labute approximate surface area is 71.6 Å². The fourth-order valence-corrected chi connectivity index (χ4v) is 0.924. The Morgan fingerprint density at radius 1 is 1.33 bits per heavy atom. The van der Waals surface area contributed by atoms with Crippen LogP contribution in [0.15, 0.2) is 11.3 Å². The van der Waals surface area contributed by atoms with Crippen LogP contribution in [0.25, 0.3) is 0 Å². The molecule has 4 heteroatoms. The van der Waals surface area contributed by atoms with Gasteiger partial charge in [-0.05, 0) is 20.8 Å². The summed E-state index contributed by atoms with van der Waals surface area (Å²) in [5.74, 6) is 0.524. The molecule has 12 heavy (non-hydrogen) atoms. The van der Waals surface area contributed by atoms with Crippen LogP contribution in [0.1, 0.15) is 18.3 Å². The van der Waals surface area contributed by atoms with E-state index in [0.29, 0.717) is 5.84 Å². The zero-order chi connectivity index (χ0) is 9.14. The van der Waals surface area contributed by atoms with E-state index in [2.05, 4.69) is 15.0 Å². The molecular weight excluding hydrogens is 152 g/mol. The highest BCUT2D eigenvalue weighted by Crippen LogP contribution is 2.18. The molecule has 0 bridgehead atoms. The van der Waals surface area contributed by atoms with Gasteiger partial charge in [-0.3, -0.25) is 0 Å². The Balaban J connectivity index is 3.22. The van der Waals surface area contributed by atoms with Crippen molar-refractivity contribution in [1.82, 2.24) is 9.97 Å². The van der Waals surface area contributed by atoms with Gasteiger partial charge >= 0.3 is 0 Å². The number of aromatic nitrogens is 2. The standard InChI is InChI=1S/C8H12N4/c1-5-8(12-7(3)9)6(2)11-4-10-5/h4H,1-3H3,(H2,9,12). The average molecular weight is 164 g/mol. The van der Waals surface area contributed by atoms with Gasteiger partial charge in [0.1, 0.15) is 12.0 Å². The van der Waals surface area contributed by atoms with Gasteiger partial charge in [-0.2, -0.15) is 0 Å². The molecule has 0 radical (unpaired) electrons. The zero-order valence-corrected chi connectivity index (χ0v) is 7.50. The van der Waals surface area contributed by atoms with Crippen molar-refractivity contribution in [3.05, 3.63) is 17.7 Å². The minimum atomic E-state index is 0.524. The van der Waals surface area contributed by atoms with E-state index in [1.165, 1.54) is 6.33 Å². The van der Waals surface area contributed by atoms with Crippen molar-refractivity contribution in [2.75, 3.05) is 0 Å². The molecule has 0 aromatic carbocycles. The molecule has 0 aliphatic heterocycles. The fraction of sp³-hybridized carbons (Fsp3) is 0.375. The van der Waals surface area contributed by atoms with Crippen LogP contribution in [0.3, 0.4) is 0 Å². The van der Waals surface area contributed by atoms with Crippen LogP contribution in [-0.4, -0.2) is 15.8 Å². The molecule has 0 fully saturated rings. The lowest BCUT2D eigenvalue weighted by Crippen LogP contribution is -2.05. The second-order valence-electron chi connectivity index (χ2n) is 2.65. The molecule has 2 N–H and O–H groups in total. The molecule has 0 aliphatic rings. The Bertz CT molecular complexity index is 293. The normalized spacial score (nSPS) is 11.8. The third-order valence-electron chi connectivity index (χ3n) is 1.48. The van der Waals surface area contributed by atoms with Gasteiger partial charge in [0.25, 0.3) is 0 Å². The van der Waals surface area contributed by atoms with Crippen molar-refractivity contribution in [2.45, 2.75) is 20.8 Å². The van der Waals surface area contributed by atoms with Gasteiger partial charge in [0, 0.05) is 0 Å². The lowest BCUT2D eigenvalue weighted by Gasteiger charge is -2.01. The summed E-state index contributed by atoms with van der Waals surface area (Å²) in [5, 5.41) is 0. The molecule has 0 atom stereocenters. The molecule has 0 saturated heterocycles. The molecule has 0 saturated carbocycles. The minimum Gasteiger partial charge on any atom is -0.387 e. The lowest BCUT2D eigenvalue weighted by molar-refractivity contribution is 1.04. The molecule has 0 aliphatic carbocycles. The van der Waals surface area contributed by atoms with Gasteiger partial charge in [-0.15, -0.1) is 0 Å². The van der Waals surface area contributed by atoms with Gasteiger partial charge in [0.05, 0.1) is 17.2 Å². The molecule has 64 valence electrons. The fourth-order valence-electron chi connectivity index (χ4n) is 0.924. The summed E-state index contributed by atoms with van der Waals surface area (Å²) >= 11 is 0. The molecule has 1 aromatic rings. The number of nitrogens with zero attached hydrogens (tertiary/aromatic N) is 3. The summed E-state index contributed by atoms with van der Waals surface area (Å²) in [7, 11) is 0. The summed E-state index contributed by atoms with van der Waals surface area (Å²) in [4.78, 5) is 12.2. The smallest absolute Gasteiger partial charge is 0.116 e. The van der Waals surface area contributed by atoms with Crippen molar-refractivity contribution >= 4 is 11.5 Å². The van der Waals surface area contributed by atoms with Gasteiger partial charge in [0.15, 0.2) is 0 Å². The molecule has 1 aromatic heterocycles. The molecule has 0 amide bonds. The van der Waals surface area contributed by atoms with E-state index in [4.69, 9.17) is 5.73 Å². The topological polar surface area (TPSA) is 64.2 Å². The molecular formula is C8H12N4. The number of hydrogen-bond acceptors (Lipinski definition) is 3. The summed E-state index contributed by atoms with van der Waals surface area (Å²) < 4.78 is 0. The van der Waals surface area contributed by atoms with E-state index in [1.807, 2.05) is 13.8 Å². The highest BCUT2D eigenvalue weighted by atomic mass is 14.9. The predicted octanol–water partition coefficient (Wildman–Crippen LogP) is 1.10. The first-order valence-electron chi connectivity index (χ1n) is 3.70. The first-order chi connectivity index (χ1) is 5.61. The maximum absolute atomic E-state index is 5.46. The van der Waals surface area contributed by atoms with E-state index in [9.17, 15) is 0 Å². The maximum atomic E-state index is 5.46. The van der Waals surface area contributed by atoms with E-state index < -0.39 is 0 Å². The Morgan fingerprint density at radius 3 is 2.25 bits per heavy atom. The Morgan fingerprint density at radius 2 is 1.83 bits per heavy atom. The van der Waals surface area contributed by atoms with Crippen LogP contribution in [-0.2, 0) is 0 Å². The number of aryl methyl sites for hydroxylation is 2. The van der Waals surface area contributed by atoms with Crippen LogP contribution in [0.5, 0.6) is 0 Å². The number of amidine groups is 1. The van der Waals surface area contributed by atoms with Crippen molar-refractivity contribution in [1.29, 1.82) is 0 Å². The average Bonchev–Trinajstić information content (AvgIpc) is 1.97. The predicted molar refractivity (Wildman–Crippen MR) is 48.5 cm³/mol. The van der Waals surface area contributed by atoms with Crippen LogP contribution in [0.4, 0.5) is 5.69 Å². The van der Waals surface area contributed by atoms with Gasteiger partial charge < -0.3 is 5.73 Å². The first-order valence-corrected chi connectivity index (χ1v) is 3.70. The van der Waals surface area contributed by atoms with Crippen molar-refractivity contribution in [3.8, 4) is 0 Å². The summed E-state index contributed by atoms with van der Waals surface area (Å²) in [6.45, 7) is 5.51. The number of rotatable bonds is 1. The summed E-state index contributed by atoms with van der Waals surface area (Å²) in [6, 6.07) is 0. The highest BCUT2D eigenvalue weighted by molar-refractivity contribution is 5.81. The van der Waals surface area contributed by atoms with Crippen LogP contribution >= 0.6 is 0 Å². The third-order valence-corrected chi connectivity index (χ3v) is 1.48. The first kappa shape index (κ1) is 8.64. The maximum Gasteiger partial charge on any atom is 0.116 e. The minimum absolute atomic E-state index is 0.524. The number of hydrogen-bond donors (Lipinski definition) is 1. The van der Waals surface area contributed by atoms with Crippen LogP contribution in [0, 0.1) is 13.8 Å². The van der Waals surface area contributed by atoms with E-state index in [0.717, 1.165) is 17.1 Å². The molecule has 4 nitrogen and oxygen atoms in total. The molecule has 0 unspecified atom stereocenters. The highest BCUT2D eigenvalue weighted by Gasteiger charge is 2.01. The molecule has 1 rings (SSSR count). The Hall–Kier alpha value is -1.45. The van der Waals surface area contributed by atoms with Crippen molar-refractivity contribution in [3.63, 3.8) is 0 Å². The SMILES string of the molecule is CC(N)=Nc1c(C)ncnc1C. The Kier molecular flexibility index (Phi) is 2.38. The van der Waals surface area contributed by atoms with E-state index in [1.54, 1.807) is 6.92 Å². The largest absolute Gasteiger partial charge is 0.387 e. The van der Waals surface area contributed by atoms with E-state index in [-0.39, 0.29) is 0 Å². The second kappa shape index (κ2) is 3.30. The third kappa shape index (κ3) is 1.78. The second-order valence-corrected chi connectivity index (χ2v) is 2.65. The van der Waals surface area contributed by atoms with Crippen LogP contribution in [0.2, 0.25) is 0 Å². The summed E-state index contributed by atoms with van der Waals surface area (Å²) in [6.07, 6.45) is 1.52. The van der Waals surface area contributed by atoms with Gasteiger partial charge in [-0.25, -0.2) is 15.0 Å². The zero-order valence-electron chi connectivity index (χ0n) is 7.50. The van der Waals surface area contributed by atoms with Gasteiger partial charge in [0.2, 0.25) is 0 Å². The number of nitrogens with two attached hydrogens (primary N) is 1. The van der Waals surface area contributed by atoms with E-state index >= 15 is 0 Å². The molecule has 0 spiro atoms. The van der Waals surface area contributed by atoms with Crippen molar-refractivity contribution in [2.24, 2.45) is 10.7 Å². The molecule has 1 heterocycles. The number of aliphatic imine (C=N–C) groups is 1. The van der Waals surface area contributed by atoms with Crippen molar-refractivity contribution < 1.29 is 0 Å². The summed E-state index contributed by atoms with van der Waals surface area (Å²) in [5.41, 5.74) is 7.94. The van der Waals surface area contributed by atoms with Crippen LogP contribution < -0.4 is 5.73 Å². The van der Waals surface area contributed by atoms with Gasteiger partial charge in [-0.1, -0.05) is 0 Å².